The molecule has 2 aromatic carbocycles. The van der Waals surface area contributed by atoms with Crippen molar-refractivity contribution in [3.8, 4) is 11.5 Å². The van der Waals surface area contributed by atoms with Gasteiger partial charge in [-0.3, -0.25) is 4.79 Å². The van der Waals surface area contributed by atoms with Crippen LogP contribution in [-0.2, 0) is 0 Å². The molecule has 6 heteroatoms. The van der Waals surface area contributed by atoms with E-state index in [9.17, 15) is 9.59 Å². The Morgan fingerprint density at radius 1 is 0.955 bits per heavy atom. The van der Waals surface area contributed by atoms with Crippen molar-refractivity contribution in [3.05, 3.63) is 53.6 Å². The van der Waals surface area contributed by atoms with E-state index in [4.69, 9.17) is 14.6 Å². The van der Waals surface area contributed by atoms with Crippen LogP contribution in [0.4, 0.5) is 5.69 Å². The van der Waals surface area contributed by atoms with E-state index in [0.717, 1.165) is 0 Å². The van der Waals surface area contributed by atoms with Crippen molar-refractivity contribution in [1.29, 1.82) is 0 Å². The van der Waals surface area contributed by atoms with Crippen LogP contribution in [0.3, 0.4) is 0 Å². The first-order valence-corrected chi connectivity index (χ1v) is 6.68. The van der Waals surface area contributed by atoms with E-state index in [-0.39, 0.29) is 11.5 Å². The number of aromatic carboxylic acids is 1. The van der Waals surface area contributed by atoms with Crippen molar-refractivity contribution < 1.29 is 24.2 Å². The summed E-state index contributed by atoms with van der Waals surface area (Å²) in [5.74, 6) is -0.260. The number of hydrogen-bond donors (Lipinski definition) is 2. The highest BCUT2D eigenvalue weighted by molar-refractivity contribution is 6.05. The predicted molar refractivity (Wildman–Crippen MR) is 78.8 cm³/mol. The summed E-state index contributed by atoms with van der Waals surface area (Å²) in [7, 11) is 0. The fourth-order valence-electron chi connectivity index (χ4n) is 2.12. The van der Waals surface area contributed by atoms with Crippen LogP contribution >= 0.6 is 0 Å². The first kappa shape index (κ1) is 13.9. The summed E-state index contributed by atoms with van der Waals surface area (Å²) in [6.45, 7) is 0.930. The van der Waals surface area contributed by atoms with E-state index >= 15 is 0 Å². The second-order valence-electron chi connectivity index (χ2n) is 4.70. The molecular formula is C16H13NO5. The molecule has 0 saturated carbocycles. The number of rotatable bonds is 3. The normalized spacial score (nSPS) is 12.5. The molecule has 0 bridgehead atoms. The minimum Gasteiger partial charge on any atom is -0.486 e. The van der Waals surface area contributed by atoms with Crippen LogP contribution in [0.25, 0.3) is 0 Å². The van der Waals surface area contributed by atoms with Crippen molar-refractivity contribution in [2.75, 3.05) is 18.5 Å². The zero-order chi connectivity index (χ0) is 15.5. The number of carbonyl (C=O) groups excluding carboxylic acids is 1. The van der Waals surface area contributed by atoms with Gasteiger partial charge in [-0.1, -0.05) is 6.07 Å². The maximum Gasteiger partial charge on any atom is 0.335 e. The van der Waals surface area contributed by atoms with E-state index in [1.165, 1.54) is 12.1 Å². The molecule has 1 heterocycles. The molecule has 2 aromatic rings. The van der Waals surface area contributed by atoms with E-state index in [1.807, 2.05) is 0 Å². The zero-order valence-corrected chi connectivity index (χ0v) is 11.5. The molecule has 0 spiro atoms. The number of amides is 1. The van der Waals surface area contributed by atoms with Gasteiger partial charge >= 0.3 is 5.97 Å². The molecule has 0 radical (unpaired) electrons. The van der Waals surface area contributed by atoms with Crippen molar-refractivity contribution >= 4 is 17.6 Å². The average Bonchev–Trinajstić information content (AvgIpc) is 2.54. The molecule has 1 aliphatic rings. The molecule has 0 aromatic heterocycles. The summed E-state index contributed by atoms with van der Waals surface area (Å²) in [6, 6.07) is 11.0. The first-order chi connectivity index (χ1) is 10.6. The number of ether oxygens (including phenoxy) is 2. The fourth-order valence-corrected chi connectivity index (χ4v) is 2.12. The van der Waals surface area contributed by atoms with Crippen molar-refractivity contribution in [1.82, 2.24) is 0 Å². The first-order valence-electron chi connectivity index (χ1n) is 6.68. The highest BCUT2D eigenvalue weighted by Gasteiger charge is 2.15. The van der Waals surface area contributed by atoms with Gasteiger partial charge in [0, 0.05) is 11.3 Å². The smallest absolute Gasteiger partial charge is 0.335 e. The molecule has 0 atom stereocenters. The average molecular weight is 299 g/mol. The number of carbonyl (C=O) groups is 2. The third kappa shape index (κ3) is 2.85. The minimum absolute atomic E-state index is 0.111. The lowest BCUT2D eigenvalue weighted by molar-refractivity contribution is 0.0696. The second kappa shape index (κ2) is 5.77. The number of carboxylic acids is 1. The zero-order valence-electron chi connectivity index (χ0n) is 11.5. The van der Waals surface area contributed by atoms with Crippen LogP contribution in [0.5, 0.6) is 11.5 Å². The molecular weight excluding hydrogens is 286 g/mol. The summed E-state index contributed by atoms with van der Waals surface area (Å²) in [6.07, 6.45) is 0. The van der Waals surface area contributed by atoms with Crippen LogP contribution in [0.2, 0.25) is 0 Å². The van der Waals surface area contributed by atoms with Gasteiger partial charge in [0.05, 0.1) is 5.56 Å². The van der Waals surface area contributed by atoms with Gasteiger partial charge in [-0.2, -0.15) is 0 Å². The van der Waals surface area contributed by atoms with Gasteiger partial charge in [0.25, 0.3) is 5.91 Å². The topological polar surface area (TPSA) is 84.9 Å². The van der Waals surface area contributed by atoms with E-state index in [2.05, 4.69) is 5.32 Å². The quantitative estimate of drug-likeness (QED) is 0.909. The van der Waals surface area contributed by atoms with Gasteiger partial charge in [-0.25, -0.2) is 4.79 Å². The molecule has 112 valence electrons. The second-order valence-corrected chi connectivity index (χ2v) is 4.70. The Hall–Kier alpha value is -3.02. The van der Waals surface area contributed by atoms with Crippen molar-refractivity contribution in [3.63, 3.8) is 0 Å². The summed E-state index contributed by atoms with van der Waals surface area (Å²) in [5.41, 5.74) is 0.935. The molecule has 3 rings (SSSR count). The van der Waals surface area contributed by atoms with Gasteiger partial charge in [0.2, 0.25) is 0 Å². The molecule has 0 aliphatic carbocycles. The monoisotopic (exact) mass is 299 g/mol. The lowest BCUT2D eigenvalue weighted by Crippen LogP contribution is -2.17. The summed E-state index contributed by atoms with van der Waals surface area (Å²) >= 11 is 0. The number of hydrogen-bond acceptors (Lipinski definition) is 4. The van der Waals surface area contributed by atoms with Gasteiger partial charge in [-0.15, -0.1) is 0 Å². The minimum atomic E-state index is -1.05. The van der Waals surface area contributed by atoms with Gasteiger partial charge in [0.1, 0.15) is 13.2 Å². The molecule has 0 fully saturated rings. The summed E-state index contributed by atoms with van der Waals surface area (Å²) in [5, 5.41) is 11.6. The molecule has 1 aliphatic heterocycles. The molecule has 0 unspecified atom stereocenters. The number of carboxylic acid groups (broad SMARTS) is 1. The Bertz CT molecular complexity index is 741. The molecule has 22 heavy (non-hydrogen) atoms. The highest BCUT2D eigenvalue weighted by atomic mass is 16.6. The number of nitrogens with one attached hydrogen (secondary N) is 1. The van der Waals surface area contributed by atoms with Crippen LogP contribution in [-0.4, -0.2) is 30.2 Å². The van der Waals surface area contributed by atoms with E-state index < -0.39 is 5.97 Å². The van der Waals surface area contributed by atoms with Gasteiger partial charge in [-0.05, 0) is 36.4 Å². The number of anilines is 1. The van der Waals surface area contributed by atoms with Crippen LogP contribution < -0.4 is 14.8 Å². The maximum absolute atomic E-state index is 12.2. The largest absolute Gasteiger partial charge is 0.486 e. The third-order valence-corrected chi connectivity index (χ3v) is 3.17. The maximum atomic E-state index is 12.2. The van der Waals surface area contributed by atoms with Gasteiger partial charge in [0.15, 0.2) is 11.5 Å². The van der Waals surface area contributed by atoms with Crippen molar-refractivity contribution in [2.45, 2.75) is 0 Å². The standard InChI is InChI=1S/C16H13NO5/c18-15(17-12-3-1-2-11(8-12)16(19)20)10-4-5-13-14(9-10)22-7-6-21-13/h1-5,8-9H,6-7H2,(H,17,18)(H,19,20). The van der Waals surface area contributed by atoms with Crippen LogP contribution in [0.15, 0.2) is 42.5 Å². The Morgan fingerprint density at radius 3 is 2.50 bits per heavy atom. The Balaban J connectivity index is 1.80. The lowest BCUT2D eigenvalue weighted by Gasteiger charge is -2.18. The molecule has 1 amide bonds. The third-order valence-electron chi connectivity index (χ3n) is 3.17. The van der Waals surface area contributed by atoms with Crippen LogP contribution in [0.1, 0.15) is 20.7 Å². The van der Waals surface area contributed by atoms with Crippen LogP contribution in [0, 0.1) is 0 Å². The Kier molecular flexibility index (Phi) is 3.65. The highest BCUT2D eigenvalue weighted by Crippen LogP contribution is 2.30. The molecule has 6 nitrogen and oxygen atoms in total. The Morgan fingerprint density at radius 2 is 1.73 bits per heavy atom. The van der Waals surface area contributed by atoms with Gasteiger partial charge < -0.3 is 19.9 Å². The number of fused-ring (bicyclic) bond motifs is 1. The SMILES string of the molecule is O=C(O)c1cccc(NC(=O)c2ccc3c(c2)OCCO3)c1. The van der Waals surface area contributed by atoms with E-state index in [0.29, 0.717) is 36.0 Å². The molecule has 0 saturated heterocycles. The van der Waals surface area contributed by atoms with E-state index in [1.54, 1.807) is 30.3 Å². The molecule has 2 N–H and O–H groups in total. The lowest BCUT2D eigenvalue weighted by atomic mass is 10.1. The fraction of sp³-hybridized carbons (Fsp3) is 0.125. The number of benzene rings is 2. The predicted octanol–water partition coefficient (Wildman–Crippen LogP) is 2.41. The Labute approximate surface area is 126 Å². The summed E-state index contributed by atoms with van der Waals surface area (Å²) < 4.78 is 10.8. The van der Waals surface area contributed by atoms with Crippen molar-refractivity contribution in [2.24, 2.45) is 0 Å². The summed E-state index contributed by atoms with van der Waals surface area (Å²) in [4.78, 5) is 23.2.